The van der Waals surface area contributed by atoms with Crippen LogP contribution in [0.1, 0.15) is 45.4 Å². The van der Waals surface area contributed by atoms with Gasteiger partial charge in [-0.2, -0.15) is 5.26 Å². The van der Waals surface area contributed by atoms with Crippen LogP contribution in [0.25, 0.3) is 0 Å². The van der Waals surface area contributed by atoms with Crippen LogP contribution in [-0.2, 0) is 11.2 Å². The molecule has 108 valence electrons. The number of esters is 1. The number of aryl methyl sites for hydroxylation is 1. The quantitative estimate of drug-likeness (QED) is 0.655. The summed E-state index contributed by atoms with van der Waals surface area (Å²) in [6.07, 6.45) is 1.39. The molecule has 0 aromatic carbocycles. The number of amides is 1. The van der Waals surface area contributed by atoms with Crippen molar-refractivity contribution in [3.05, 3.63) is 22.5 Å². The molecule has 0 aliphatic carbocycles. The normalized spacial score (nSPS) is 9.95. The molecule has 6 heteroatoms. The van der Waals surface area contributed by atoms with Crippen LogP contribution in [0.15, 0.2) is 0 Å². The first kappa shape index (κ1) is 15.8. The number of hydrogen-bond acceptors (Lipinski definition) is 4. The van der Waals surface area contributed by atoms with Crippen LogP contribution in [0.5, 0.6) is 0 Å². The van der Waals surface area contributed by atoms with E-state index in [0.717, 1.165) is 6.42 Å². The van der Waals surface area contributed by atoms with E-state index in [4.69, 9.17) is 10.00 Å². The van der Waals surface area contributed by atoms with Crippen molar-refractivity contribution >= 4 is 11.9 Å². The van der Waals surface area contributed by atoms with Gasteiger partial charge >= 0.3 is 5.97 Å². The fourth-order valence-corrected chi connectivity index (χ4v) is 2.11. The third-order valence-corrected chi connectivity index (χ3v) is 3.05. The third kappa shape index (κ3) is 2.99. The zero-order chi connectivity index (χ0) is 15.3. The zero-order valence-corrected chi connectivity index (χ0v) is 12.2. The molecule has 0 fully saturated rings. The van der Waals surface area contributed by atoms with Crippen molar-refractivity contribution < 1.29 is 14.3 Å². The maximum atomic E-state index is 12.3. The maximum Gasteiger partial charge on any atom is 0.339 e. The van der Waals surface area contributed by atoms with Gasteiger partial charge in [0, 0.05) is 12.7 Å². The van der Waals surface area contributed by atoms with Crippen molar-refractivity contribution in [1.82, 2.24) is 9.88 Å². The number of hydrogen-bond donors (Lipinski definition) is 1. The molecule has 1 rings (SSSR count). The number of H-pyrrole nitrogens is 1. The predicted octanol–water partition coefficient (Wildman–Crippen LogP) is 1.66. The highest BCUT2D eigenvalue weighted by Crippen LogP contribution is 2.22. The number of nitrogens with one attached hydrogen (secondary N) is 1. The summed E-state index contributed by atoms with van der Waals surface area (Å²) >= 11 is 0. The van der Waals surface area contributed by atoms with Gasteiger partial charge < -0.3 is 14.6 Å². The minimum Gasteiger partial charge on any atom is -0.465 e. The second kappa shape index (κ2) is 6.75. The summed E-state index contributed by atoms with van der Waals surface area (Å²) in [5.41, 5.74) is 2.05. The van der Waals surface area contributed by atoms with Gasteiger partial charge in [-0.15, -0.1) is 0 Å². The Bertz CT molecular complexity index is 555. The minimum atomic E-state index is -0.454. The first-order valence-corrected chi connectivity index (χ1v) is 6.40. The minimum absolute atomic E-state index is 0.00394. The molecule has 1 amide bonds. The summed E-state index contributed by atoms with van der Waals surface area (Å²) < 4.78 is 4.77. The van der Waals surface area contributed by atoms with Gasteiger partial charge in [-0.1, -0.05) is 13.3 Å². The van der Waals surface area contributed by atoms with E-state index >= 15 is 0 Å². The van der Waals surface area contributed by atoms with Crippen molar-refractivity contribution in [3.63, 3.8) is 0 Å². The van der Waals surface area contributed by atoms with Gasteiger partial charge in [0.1, 0.15) is 12.2 Å². The summed E-state index contributed by atoms with van der Waals surface area (Å²) in [6, 6.07) is 1.92. The van der Waals surface area contributed by atoms with E-state index in [-0.39, 0.29) is 12.5 Å². The Balaban J connectivity index is 3.30. The SMILES string of the molecule is CCCc1c(C(=O)N(C)CC#N)[nH]c(C)c1C(=O)OC. The lowest BCUT2D eigenvalue weighted by atomic mass is 10.0. The van der Waals surface area contributed by atoms with E-state index in [2.05, 4.69) is 4.98 Å². The van der Waals surface area contributed by atoms with Crippen LogP contribution >= 0.6 is 0 Å². The van der Waals surface area contributed by atoms with Gasteiger partial charge in [-0.05, 0) is 18.9 Å². The van der Waals surface area contributed by atoms with Gasteiger partial charge in [-0.3, -0.25) is 4.79 Å². The number of aromatic amines is 1. The highest BCUT2D eigenvalue weighted by molar-refractivity contribution is 6.00. The summed E-state index contributed by atoms with van der Waals surface area (Å²) in [6.45, 7) is 3.69. The van der Waals surface area contributed by atoms with Crippen molar-refractivity contribution in [3.8, 4) is 6.07 Å². The Labute approximate surface area is 118 Å². The highest BCUT2D eigenvalue weighted by atomic mass is 16.5. The van der Waals surface area contributed by atoms with Gasteiger partial charge in [0.15, 0.2) is 0 Å². The maximum absolute atomic E-state index is 12.3. The monoisotopic (exact) mass is 277 g/mol. The van der Waals surface area contributed by atoms with E-state index < -0.39 is 5.97 Å². The highest BCUT2D eigenvalue weighted by Gasteiger charge is 2.26. The molecule has 0 radical (unpaired) electrons. The summed E-state index contributed by atoms with van der Waals surface area (Å²) in [4.78, 5) is 28.4. The molecular formula is C14H19N3O3. The van der Waals surface area contributed by atoms with Crippen molar-refractivity contribution in [2.24, 2.45) is 0 Å². The Morgan fingerprint density at radius 2 is 2.10 bits per heavy atom. The Morgan fingerprint density at radius 3 is 2.60 bits per heavy atom. The molecule has 0 unspecified atom stereocenters. The van der Waals surface area contributed by atoms with Gasteiger partial charge in [0.25, 0.3) is 5.91 Å². The Hall–Kier alpha value is -2.29. The first-order valence-electron chi connectivity index (χ1n) is 6.40. The van der Waals surface area contributed by atoms with Gasteiger partial charge in [0.05, 0.1) is 18.7 Å². The Kier molecular flexibility index (Phi) is 5.32. The summed E-state index contributed by atoms with van der Waals surface area (Å²) in [5.74, 6) is -0.752. The van der Waals surface area contributed by atoms with Crippen LogP contribution in [0, 0.1) is 18.3 Å². The van der Waals surface area contributed by atoms with Gasteiger partial charge in [-0.25, -0.2) is 4.79 Å². The largest absolute Gasteiger partial charge is 0.465 e. The lowest BCUT2D eigenvalue weighted by Gasteiger charge is -2.13. The second-order valence-corrected chi connectivity index (χ2v) is 4.54. The molecule has 0 saturated carbocycles. The number of nitrogens with zero attached hydrogens (tertiary/aromatic N) is 2. The number of nitriles is 1. The fourth-order valence-electron chi connectivity index (χ4n) is 2.11. The number of aromatic nitrogens is 1. The second-order valence-electron chi connectivity index (χ2n) is 4.54. The van der Waals surface area contributed by atoms with E-state index in [1.807, 2.05) is 13.0 Å². The topological polar surface area (TPSA) is 86.2 Å². The molecule has 0 aliphatic heterocycles. The predicted molar refractivity (Wildman–Crippen MR) is 73.4 cm³/mol. The van der Waals surface area contributed by atoms with Gasteiger partial charge in [0.2, 0.25) is 0 Å². The molecule has 20 heavy (non-hydrogen) atoms. The summed E-state index contributed by atoms with van der Waals surface area (Å²) in [7, 11) is 2.86. The number of rotatable bonds is 5. The lowest BCUT2D eigenvalue weighted by molar-refractivity contribution is 0.0599. The van der Waals surface area contributed by atoms with Crippen molar-refractivity contribution in [2.45, 2.75) is 26.7 Å². The number of ether oxygens (including phenoxy) is 1. The molecule has 0 atom stereocenters. The first-order chi connectivity index (χ1) is 9.47. The summed E-state index contributed by atoms with van der Waals surface area (Å²) in [5, 5.41) is 8.66. The molecule has 1 heterocycles. The zero-order valence-electron chi connectivity index (χ0n) is 12.2. The van der Waals surface area contributed by atoms with Crippen molar-refractivity contribution in [1.29, 1.82) is 5.26 Å². The third-order valence-electron chi connectivity index (χ3n) is 3.05. The lowest BCUT2D eigenvalue weighted by Crippen LogP contribution is -2.28. The van der Waals surface area contributed by atoms with Crippen LogP contribution in [-0.4, -0.2) is 42.5 Å². The standard InChI is InChI=1S/C14H19N3O3/c1-5-6-10-11(14(19)20-4)9(2)16-12(10)13(18)17(3)8-7-15/h16H,5-6,8H2,1-4H3. The number of methoxy groups -OCH3 is 1. The molecule has 0 bridgehead atoms. The molecule has 1 N–H and O–H groups in total. The van der Waals surface area contributed by atoms with Crippen LogP contribution in [0.3, 0.4) is 0 Å². The molecule has 0 aliphatic rings. The van der Waals surface area contributed by atoms with E-state index in [9.17, 15) is 9.59 Å². The molecule has 6 nitrogen and oxygen atoms in total. The molecule has 0 saturated heterocycles. The van der Waals surface area contributed by atoms with Crippen molar-refractivity contribution in [2.75, 3.05) is 20.7 Å². The molecular weight excluding hydrogens is 258 g/mol. The molecule has 0 spiro atoms. The smallest absolute Gasteiger partial charge is 0.339 e. The van der Waals surface area contributed by atoms with Crippen LogP contribution in [0.2, 0.25) is 0 Å². The molecule has 1 aromatic rings. The van der Waals surface area contributed by atoms with Crippen LogP contribution in [0.4, 0.5) is 0 Å². The fraction of sp³-hybridized carbons (Fsp3) is 0.500. The average Bonchev–Trinajstić information content (AvgIpc) is 2.74. The molecule has 1 aromatic heterocycles. The average molecular weight is 277 g/mol. The number of carbonyl (C=O) groups is 2. The van der Waals surface area contributed by atoms with E-state index in [1.165, 1.54) is 12.0 Å². The Morgan fingerprint density at radius 1 is 1.45 bits per heavy atom. The van der Waals surface area contributed by atoms with E-state index in [1.54, 1.807) is 14.0 Å². The van der Waals surface area contributed by atoms with Crippen LogP contribution < -0.4 is 0 Å². The number of carbonyl (C=O) groups excluding carboxylic acids is 2. The van der Waals surface area contributed by atoms with E-state index in [0.29, 0.717) is 28.9 Å².